The minimum Gasteiger partial charge on any atom is -0.481 e. The second kappa shape index (κ2) is 11.4. The van der Waals surface area contributed by atoms with E-state index in [0.717, 1.165) is 19.2 Å². The fourth-order valence-electron chi connectivity index (χ4n) is 3.30. The lowest BCUT2D eigenvalue weighted by Gasteiger charge is -2.21. The van der Waals surface area contributed by atoms with Gasteiger partial charge in [0.15, 0.2) is 9.84 Å². The summed E-state index contributed by atoms with van der Waals surface area (Å²) < 4.78 is 26.0. The van der Waals surface area contributed by atoms with Gasteiger partial charge in [-0.15, -0.1) is 0 Å². The van der Waals surface area contributed by atoms with Crippen molar-refractivity contribution in [2.45, 2.75) is 51.7 Å². The van der Waals surface area contributed by atoms with Gasteiger partial charge in [-0.3, -0.25) is 19.5 Å². The first kappa shape index (κ1) is 25.0. The number of sulfone groups is 1. The van der Waals surface area contributed by atoms with Crippen LogP contribution in [0.4, 0.5) is 0 Å². The van der Waals surface area contributed by atoms with E-state index < -0.39 is 27.9 Å². The Morgan fingerprint density at radius 3 is 2.38 bits per heavy atom. The van der Waals surface area contributed by atoms with Crippen LogP contribution in [0.25, 0.3) is 0 Å². The highest BCUT2D eigenvalue weighted by Crippen LogP contribution is 2.14. The Morgan fingerprint density at radius 1 is 1.19 bits per heavy atom. The average molecular weight is 469 g/mol. The second-order valence-corrected chi connectivity index (χ2v) is 9.50. The number of aliphatic carboxylic acids is 1. The van der Waals surface area contributed by atoms with Crippen LogP contribution in [0, 0.1) is 0 Å². The molecule has 32 heavy (non-hydrogen) atoms. The van der Waals surface area contributed by atoms with E-state index in [1.165, 1.54) is 6.20 Å². The van der Waals surface area contributed by atoms with Crippen molar-refractivity contribution in [2.24, 2.45) is 0 Å². The summed E-state index contributed by atoms with van der Waals surface area (Å²) in [6.45, 7) is 3.53. The largest absolute Gasteiger partial charge is 0.481 e. The van der Waals surface area contributed by atoms with Gasteiger partial charge in [0.1, 0.15) is 5.82 Å². The summed E-state index contributed by atoms with van der Waals surface area (Å²) in [5.74, 6) is -0.893. The summed E-state index contributed by atoms with van der Waals surface area (Å²) in [6, 6.07) is 0.380. The van der Waals surface area contributed by atoms with Crippen molar-refractivity contribution in [1.29, 1.82) is 0 Å². The summed E-state index contributed by atoms with van der Waals surface area (Å²) in [5.41, 5.74) is 0.631. The van der Waals surface area contributed by atoms with Crippen molar-refractivity contribution in [2.75, 3.05) is 11.5 Å². The van der Waals surface area contributed by atoms with E-state index in [2.05, 4.69) is 25.8 Å². The molecular formula is C19H28N6O6S. The fraction of sp³-hybridized carbons (Fsp3) is 0.526. The van der Waals surface area contributed by atoms with E-state index in [1.807, 2.05) is 17.7 Å². The van der Waals surface area contributed by atoms with E-state index in [-0.39, 0.29) is 36.2 Å². The molecule has 1 aliphatic rings. The van der Waals surface area contributed by atoms with Crippen LogP contribution in [0.2, 0.25) is 0 Å². The summed E-state index contributed by atoms with van der Waals surface area (Å²) in [6.07, 6.45) is 6.07. The maximum absolute atomic E-state index is 12.3. The van der Waals surface area contributed by atoms with E-state index >= 15 is 0 Å². The van der Waals surface area contributed by atoms with Gasteiger partial charge in [0.25, 0.3) is 5.97 Å². The normalized spacial score (nSPS) is 18.9. The third-order valence-corrected chi connectivity index (χ3v) is 6.39. The number of nitrogens with zero attached hydrogens (tertiary/aromatic N) is 3. The Kier molecular flexibility index (Phi) is 8.93. The number of hydrogen-bond donors (Lipinski definition) is 4. The molecule has 176 valence electrons. The molecule has 1 fully saturated rings. The maximum Gasteiger partial charge on any atom is 0.300 e. The molecule has 0 aromatic carbocycles. The first-order valence-electron chi connectivity index (χ1n) is 10.1. The Hall–Kier alpha value is -3.22. The second-order valence-electron chi connectivity index (χ2n) is 7.34. The van der Waals surface area contributed by atoms with Gasteiger partial charge in [-0.1, -0.05) is 6.92 Å². The number of aromatic amines is 1. The molecule has 1 saturated heterocycles. The maximum atomic E-state index is 12.3. The van der Waals surface area contributed by atoms with E-state index in [0.29, 0.717) is 12.2 Å². The molecule has 0 bridgehead atoms. The number of carbonyl (C=O) groups excluding carboxylic acids is 2. The molecule has 1 aliphatic heterocycles. The monoisotopic (exact) mass is 468 g/mol. The number of rotatable bonds is 8. The zero-order valence-corrected chi connectivity index (χ0v) is 18.8. The average Bonchev–Trinajstić information content (AvgIpc) is 3.40. The van der Waals surface area contributed by atoms with Crippen LogP contribution in [-0.2, 0) is 43.6 Å². The zero-order chi connectivity index (χ0) is 23.7. The number of imidazole rings is 1. The topological polar surface area (TPSA) is 176 Å². The quantitative estimate of drug-likeness (QED) is 0.393. The Morgan fingerprint density at radius 2 is 1.81 bits per heavy atom. The number of nitrogens with one attached hydrogen (secondary N) is 3. The van der Waals surface area contributed by atoms with Crippen LogP contribution in [0.3, 0.4) is 0 Å². The first-order valence-corrected chi connectivity index (χ1v) is 11.9. The van der Waals surface area contributed by atoms with E-state index in [1.54, 1.807) is 12.3 Å². The lowest BCUT2D eigenvalue weighted by molar-refractivity contribution is -0.134. The van der Waals surface area contributed by atoms with Gasteiger partial charge in [-0.05, 0) is 6.07 Å². The van der Waals surface area contributed by atoms with Gasteiger partial charge >= 0.3 is 0 Å². The molecule has 2 amide bonds. The minimum absolute atomic E-state index is 0.0671. The summed E-state index contributed by atoms with van der Waals surface area (Å²) in [4.78, 5) is 37.7. The lowest BCUT2D eigenvalue weighted by atomic mass is 10.1. The standard InChI is InChI=1S/C17H24N6O4S.C2H4O2/c1-2-15-18-6-8-23(15)7-4-16(24)20-13-10-28(26,27)11-14(13)21-17(25)9-12-3-5-19-22-12;1-2(3)4/h3,5-6,8,13-14H,2,4,7,9-11H2,1H3,(H,19,22)(H,20,24)(H,21,25);1H3,(H,3,4)/t13-,14+;/m0./s1. The van der Waals surface area contributed by atoms with Crippen molar-refractivity contribution in [3.63, 3.8) is 0 Å². The van der Waals surface area contributed by atoms with E-state index in [9.17, 15) is 18.0 Å². The van der Waals surface area contributed by atoms with Crippen molar-refractivity contribution >= 4 is 27.6 Å². The first-order chi connectivity index (χ1) is 15.1. The number of aryl methyl sites for hydroxylation is 2. The molecule has 2 atom stereocenters. The fourth-order valence-corrected chi connectivity index (χ4v) is 5.17. The van der Waals surface area contributed by atoms with Gasteiger partial charge in [-0.25, -0.2) is 13.4 Å². The molecule has 0 radical (unpaired) electrons. The smallest absolute Gasteiger partial charge is 0.300 e. The van der Waals surface area contributed by atoms with Crippen molar-refractivity contribution in [1.82, 2.24) is 30.4 Å². The predicted octanol–water partition coefficient (Wildman–Crippen LogP) is -0.710. The van der Waals surface area contributed by atoms with Crippen LogP contribution in [-0.4, -0.2) is 74.6 Å². The van der Waals surface area contributed by atoms with Crippen LogP contribution in [0.5, 0.6) is 0 Å². The van der Waals surface area contributed by atoms with Gasteiger partial charge in [-0.2, -0.15) is 5.10 Å². The number of carbonyl (C=O) groups is 3. The Bertz CT molecular complexity index is 1010. The highest BCUT2D eigenvalue weighted by Gasteiger charge is 2.39. The third-order valence-electron chi connectivity index (χ3n) is 4.65. The number of amides is 2. The van der Waals surface area contributed by atoms with Crippen molar-refractivity contribution in [3.8, 4) is 0 Å². The molecular weight excluding hydrogens is 440 g/mol. The van der Waals surface area contributed by atoms with Gasteiger partial charge in [0.05, 0.1) is 30.0 Å². The molecule has 2 aromatic rings. The number of H-pyrrole nitrogens is 1. The SMILES string of the molecule is CC(=O)O.CCc1nccn1CCC(=O)N[C@H]1CS(=O)(=O)C[C@H]1NC(=O)Cc1ccn[nH]1. The number of carboxylic acid groups (broad SMARTS) is 1. The van der Waals surface area contributed by atoms with E-state index in [4.69, 9.17) is 9.90 Å². The van der Waals surface area contributed by atoms with Crippen molar-refractivity contribution < 1.29 is 27.9 Å². The Labute approximate surface area is 185 Å². The molecule has 4 N–H and O–H groups in total. The van der Waals surface area contributed by atoms with Crippen LogP contribution in [0.1, 0.15) is 31.8 Å². The minimum atomic E-state index is -3.33. The van der Waals surface area contributed by atoms with Gasteiger partial charge < -0.3 is 20.3 Å². The molecule has 0 saturated carbocycles. The molecule has 2 aromatic heterocycles. The predicted molar refractivity (Wildman–Crippen MR) is 114 cm³/mol. The molecule has 0 spiro atoms. The molecule has 3 rings (SSSR count). The lowest BCUT2D eigenvalue weighted by Crippen LogP contribution is -2.51. The molecule has 0 unspecified atom stereocenters. The highest BCUT2D eigenvalue weighted by atomic mass is 32.2. The molecule has 3 heterocycles. The summed E-state index contributed by atoms with van der Waals surface area (Å²) in [5, 5.41) is 19.4. The van der Waals surface area contributed by atoms with Gasteiger partial charge in [0.2, 0.25) is 11.8 Å². The molecule has 12 nitrogen and oxygen atoms in total. The zero-order valence-electron chi connectivity index (χ0n) is 17.9. The van der Waals surface area contributed by atoms with Crippen LogP contribution >= 0.6 is 0 Å². The number of hydrogen-bond acceptors (Lipinski definition) is 7. The Balaban J connectivity index is 0.000000837. The molecule has 0 aliphatic carbocycles. The number of carboxylic acids is 1. The van der Waals surface area contributed by atoms with Crippen LogP contribution < -0.4 is 10.6 Å². The summed E-state index contributed by atoms with van der Waals surface area (Å²) in [7, 11) is -3.33. The summed E-state index contributed by atoms with van der Waals surface area (Å²) >= 11 is 0. The highest BCUT2D eigenvalue weighted by molar-refractivity contribution is 7.91. The van der Waals surface area contributed by atoms with Crippen LogP contribution in [0.15, 0.2) is 24.7 Å². The van der Waals surface area contributed by atoms with Crippen molar-refractivity contribution in [3.05, 3.63) is 36.2 Å². The third kappa shape index (κ3) is 8.13. The van der Waals surface area contributed by atoms with Gasteiger partial charge in [0, 0.05) is 50.6 Å². The number of aromatic nitrogens is 4. The molecule has 13 heteroatoms.